The quantitative estimate of drug-likeness (QED) is 0.712. The number of carboxylic acid groups (broad SMARTS) is 1. The normalized spacial score (nSPS) is 10.6. The maximum atomic E-state index is 10.7. The van der Waals surface area contributed by atoms with Gasteiger partial charge in [0.2, 0.25) is 0 Å². The molecule has 0 aliphatic heterocycles. The van der Waals surface area contributed by atoms with Crippen LogP contribution in [0.2, 0.25) is 0 Å². The van der Waals surface area contributed by atoms with Crippen LogP contribution in [0, 0.1) is 0 Å². The Labute approximate surface area is 164 Å². The first kappa shape index (κ1) is 21.8. The van der Waals surface area contributed by atoms with E-state index in [1.54, 1.807) is 0 Å². The first-order valence-electron chi connectivity index (χ1n) is 7.68. The SMILES string of the molecule is CC.CC(CC(=O)O)c1ccc([N-]Cc2ccccc2)cc1.[Y]. The Morgan fingerprint density at radius 3 is 2.13 bits per heavy atom. The summed E-state index contributed by atoms with van der Waals surface area (Å²) in [6.07, 6.45) is 0.153. The summed E-state index contributed by atoms with van der Waals surface area (Å²) in [5.41, 5.74) is 3.13. The monoisotopic (exact) mass is 387 g/mol. The zero-order chi connectivity index (χ0) is 16.4. The fourth-order valence-electron chi connectivity index (χ4n) is 2.05. The molecular formula is C19H24NO2Y-. The molecule has 1 N–H and O–H groups in total. The minimum Gasteiger partial charge on any atom is -0.681 e. The first-order valence-corrected chi connectivity index (χ1v) is 7.68. The number of carboxylic acids is 1. The van der Waals surface area contributed by atoms with Crippen LogP contribution >= 0.6 is 0 Å². The Balaban J connectivity index is 0.00000155. The summed E-state index contributed by atoms with van der Waals surface area (Å²) in [5, 5.41) is 13.3. The molecule has 4 heteroatoms. The van der Waals surface area contributed by atoms with Crippen LogP contribution in [0.3, 0.4) is 0 Å². The molecule has 0 amide bonds. The molecule has 121 valence electrons. The number of aliphatic carboxylic acids is 1. The number of carbonyl (C=O) groups is 1. The zero-order valence-electron chi connectivity index (χ0n) is 14.1. The van der Waals surface area contributed by atoms with E-state index in [1.165, 1.54) is 5.56 Å². The number of hydrogen-bond donors (Lipinski definition) is 1. The summed E-state index contributed by atoms with van der Waals surface area (Å²) in [6, 6.07) is 17.9. The molecule has 0 saturated carbocycles. The average molecular weight is 387 g/mol. The van der Waals surface area contributed by atoms with Gasteiger partial charge < -0.3 is 10.4 Å². The Bertz CT molecular complexity index is 555. The number of rotatable bonds is 6. The van der Waals surface area contributed by atoms with Crippen molar-refractivity contribution < 1.29 is 42.6 Å². The van der Waals surface area contributed by atoms with Crippen LogP contribution in [0.4, 0.5) is 5.69 Å². The molecule has 0 heterocycles. The second-order valence-corrected chi connectivity index (χ2v) is 4.89. The predicted molar refractivity (Wildman–Crippen MR) is 91.6 cm³/mol. The van der Waals surface area contributed by atoms with Crippen molar-refractivity contribution in [2.24, 2.45) is 0 Å². The van der Waals surface area contributed by atoms with Crippen LogP contribution in [-0.4, -0.2) is 11.1 Å². The summed E-state index contributed by atoms with van der Waals surface area (Å²) in [7, 11) is 0. The van der Waals surface area contributed by atoms with Crippen LogP contribution in [-0.2, 0) is 44.0 Å². The van der Waals surface area contributed by atoms with E-state index in [0.29, 0.717) is 6.54 Å². The van der Waals surface area contributed by atoms with Gasteiger partial charge in [-0.15, -0.1) is 12.2 Å². The van der Waals surface area contributed by atoms with Crippen LogP contribution in [0.5, 0.6) is 0 Å². The van der Waals surface area contributed by atoms with E-state index in [9.17, 15) is 4.79 Å². The molecule has 0 bridgehead atoms. The molecule has 2 aromatic carbocycles. The van der Waals surface area contributed by atoms with E-state index in [1.807, 2.05) is 75.4 Å². The largest absolute Gasteiger partial charge is 0.681 e. The van der Waals surface area contributed by atoms with E-state index in [4.69, 9.17) is 5.11 Å². The van der Waals surface area contributed by atoms with Gasteiger partial charge in [-0.05, 0) is 11.5 Å². The van der Waals surface area contributed by atoms with Crippen molar-refractivity contribution >= 4 is 11.7 Å². The van der Waals surface area contributed by atoms with E-state index in [0.717, 1.165) is 11.3 Å². The van der Waals surface area contributed by atoms with Crippen molar-refractivity contribution in [2.75, 3.05) is 0 Å². The third kappa shape index (κ3) is 8.29. The minimum absolute atomic E-state index is 0. The molecule has 0 aliphatic carbocycles. The molecule has 0 aliphatic rings. The molecule has 0 spiro atoms. The Morgan fingerprint density at radius 1 is 1.04 bits per heavy atom. The topological polar surface area (TPSA) is 51.4 Å². The van der Waals surface area contributed by atoms with Crippen LogP contribution in [0.25, 0.3) is 5.32 Å². The number of benzene rings is 2. The molecule has 0 aromatic heterocycles. The summed E-state index contributed by atoms with van der Waals surface area (Å²) in [4.78, 5) is 10.7. The molecule has 3 nitrogen and oxygen atoms in total. The van der Waals surface area contributed by atoms with Gasteiger partial charge in [0.25, 0.3) is 0 Å². The van der Waals surface area contributed by atoms with E-state index < -0.39 is 5.97 Å². The van der Waals surface area contributed by atoms with Crippen molar-refractivity contribution in [1.82, 2.24) is 0 Å². The van der Waals surface area contributed by atoms with Gasteiger partial charge in [0.05, 0.1) is 6.42 Å². The third-order valence-corrected chi connectivity index (χ3v) is 3.23. The molecule has 1 unspecified atom stereocenters. The molecular weight excluding hydrogens is 363 g/mol. The van der Waals surface area contributed by atoms with Gasteiger partial charge >= 0.3 is 5.97 Å². The fraction of sp³-hybridized carbons (Fsp3) is 0.316. The summed E-state index contributed by atoms with van der Waals surface area (Å²) >= 11 is 0. The maximum Gasteiger partial charge on any atom is 0.303 e. The molecule has 23 heavy (non-hydrogen) atoms. The Kier molecular flexibility index (Phi) is 11.6. The third-order valence-electron chi connectivity index (χ3n) is 3.23. The van der Waals surface area contributed by atoms with Gasteiger partial charge in [0.15, 0.2) is 0 Å². The van der Waals surface area contributed by atoms with Gasteiger partial charge in [-0.1, -0.05) is 80.9 Å². The molecule has 2 aromatic rings. The van der Waals surface area contributed by atoms with Gasteiger partial charge in [0.1, 0.15) is 0 Å². The maximum absolute atomic E-state index is 10.7. The van der Waals surface area contributed by atoms with Crippen LogP contribution in [0.15, 0.2) is 54.6 Å². The van der Waals surface area contributed by atoms with E-state index in [-0.39, 0.29) is 45.0 Å². The van der Waals surface area contributed by atoms with Gasteiger partial charge in [-0.3, -0.25) is 4.79 Å². The van der Waals surface area contributed by atoms with Gasteiger partial charge in [-0.2, -0.15) is 0 Å². The molecule has 0 fully saturated rings. The molecule has 1 atom stereocenters. The van der Waals surface area contributed by atoms with Gasteiger partial charge in [0, 0.05) is 32.7 Å². The van der Waals surface area contributed by atoms with Gasteiger partial charge in [-0.25, -0.2) is 0 Å². The standard InChI is InChI=1S/C17H18NO2.C2H6.Y/c1-13(11-17(19)20)15-7-9-16(10-8-15)18-12-14-5-3-2-4-6-14;1-2;/h2-10,13H,11-12H2,1H3,(H,19,20);1-2H3;/q-1;;. The minimum atomic E-state index is -0.768. The van der Waals surface area contributed by atoms with Crippen molar-refractivity contribution in [3.05, 3.63) is 71.0 Å². The van der Waals surface area contributed by atoms with Crippen LogP contribution < -0.4 is 0 Å². The Hall–Kier alpha value is -1.19. The smallest absolute Gasteiger partial charge is 0.303 e. The van der Waals surface area contributed by atoms with Crippen LogP contribution in [0.1, 0.15) is 44.2 Å². The second-order valence-electron chi connectivity index (χ2n) is 4.89. The van der Waals surface area contributed by atoms with E-state index in [2.05, 4.69) is 5.32 Å². The van der Waals surface area contributed by atoms with Crippen molar-refractivity contribution in [3.8, 4) is 0 Å². The molecule has 0 saturated heterocycles. The first-order chi connectivity index (χ1) is 10.6. The van der Waals surface area contributed by atoms with E-state index >= 15 is 0 Å². The predicted octanol–water partition coefficient (Wildman–Crippen LogP) is 5.49. The second kappa shape index (κ2) is 12.3. The summed E-state index contributed by atoms with van der Waals surface area (Å²) in [5.74, 6) is -0.744. The zero-order valence-corrected chi connectivity index (χ0v) is 16.9. The fourth-order valence-corrected chi connectivity index (χ4v) is 2.05. The Morgan fingerprint density at radius 2 is 1.61 bits per heavy atom. The average Bonchev–Trinajstić information content (AvgIpc) is 2.55. The van der Waals surface area contributed by atoms with Crippen molar-refractivity contribution in [1.29, 1.82) is 0 Å². The molecule has 1 radical (unpaired) electrons. The van der Waals surface area contributed by atoms with Crippen molar-refractivity contribution in [3.63, 3.8) is 0 Å². The number of hydrogen-bond acceptors (Lipinski definition) is 1. The number of nitrogens with zero attached hydrogens (tertiary/aromatic N) is 1. The summed E-state index contributed by atoms with van der Waals surface area (Å²) < 4.78 is 0. The molecule has 2 rings (SSSR count). The van der Waals surface area contributed by atoms with Crippen molar-refractivity contribution in [2.45, 2.75) is 39.7 Å². The summed E-state index contributed by atoms with van der Waals surface area (Å²) in [6.45, 7) is 6.58.